The Morgan fingerprint density at radius 3 is 2.83 bits per heavy atom. The van der Waals surface area contributed by atoms with Crippen LogP contribution in [0, 0.1) is 5.92 Å². The summed E-state index contributed by atoms with van der Waals surface area (Å²) >= 11 is 0. The molecule has 0 aromatic carbocycles. The normalized spacial score (nSPS) is 29.2. The summed E-state index contributed by atoms with van der Waals surface area (Å²) in [5.74, 6) is 1.70. The summed E-state index contributed by atoms with van der Waals surface area (Å²) in [5.41, 5.74) is 0. The minimum Gasteiger partial charge on any atom is -0.307 e. The topological polar surface area (TPSA) is 55.6 Å². The third-order valence-corrected chi connectivity index (χ3v) is 4.32. The Labute approximate surface area is 108 Å². The molecule has 0 bridgehead atoms. The van der Waals surface area contributed by atoms with Crippen molar-refractivity contribution in [2.24, 2.45) is 5.92 Å². The molecular weight excluding hydrogens is 226 g/mol. The molecule has 0 spiro atoms. The van der Waals surface area contributed by atoms with Crippen molar-refractivity contribution in [3.8, 4) is 0 Å². The van der Waals surface area contributed by atoms with Gasteiger partial charge in [0, 0.05) is 6.04 Å². The van der Waals surface area contributed by atoms with E-state index in [-0.39, 0.29) is 0 Å². The fourth-order valence-electron chi connectivity index (χ4n) is 2.95. The molecule has 2 aliphatic carbocycles. The van der Waals surface area contributed by atoms with E-state index in [1.54, 1.807) is 0 Å². The molecule has 0 radical (unpaired) electrons. The predicted octanol–water partition coefficient (Wildman–Crippen LogP) is 2.07. The molecule has 5 heteroatoms. The molecule has 5 nitrogen and oxygen atoms in total. The van der Waals surface area contributed by atoms with E-state index in [4.69, 9.17) is 0 Å². The van der Waals surface area contributed by atoms with Crippen molar-refractivity contribution in [2.75, 3.05) is 0 Å². The number of nitrogens with one attached hydrogen (secondary N) is 1. The van der Waals surface area contributed by atoms with Gasteiger partial charge in [-0.05, 0) is 42.0 Å². The lowest BCUT2D eigenvalue weighted by molar-refractivity contribution is 0.294. The Hall–Kier alpha value is -0.970. The fourth-order valence-corrected chi connectivity index (χ4v) is 2.95. The van der Waals surface area contributed by atoms with E-state index in [0.717, 1.165) is 12.4 Å². The highest BCUT2D eigenvalue weighted by Crippen LogP contribution is 2.32. The van der Waals surface area contributed by atoms with Crippen LogP contribution >= 0.6 is 0 Å². The number of hydrogen-bond donors (Lipinski definition) is 1. The summed E-state index contributed by atoms with van der Waals surface area (Å²) in [7, 11) is 0. The maximum Gasteiger partial charge on any atom is 0.165 e. The Bertz CT molecular complexity index is 384. The first-order valence-corrected chi connectivity index (χ1v) is 7.34. The maximum atomic E-state index is 4.25. The van der Waals surface area contributed by atoms with Gasteiger partial charge in [0.1, 0.15) is 0 Å². The lowest BCUT2D eigenvalue weighted by atomic mass is 9.97. The minimum absolute atomic E-state index is 0.499. The zero-order valence-electron chi connectivity index (χ0n) is 11.2. The third kappa shape index (κ3) is 2.71. The van der Waals surface area contributed by atoms with Gasteiger partial charge in [0.2, 0.25) is 0 Å². The molecule has 0 amide bonds. The van der Waals surface area contributed by atoms with Gasteiger partial charge in [0.05, 0.1) is 12.6 Å². The van der Waals surface area contributed by atoms with E-state index in [1.807, 2.05) is 0 Å². The first-order valence-electron chi connectivity index (χ1n) is 7.34. The van der Waals surface area contributed by atoms with Crippen molar-refractivity contribution in [1.29, 1.82) is 0 Å². The molecule has 1 aromatic heterocycles. The molecule has 2 unspecified atom stereocenters. The molecule has 2 aliphatic rings. The molecule has 3 rings (SSSR count). The van der Waals surface area contributed by atoms with Crippen molar-refractivity contribution in [3.63, 3.8) is 0 Å². The average molecular weight is 249 g/mol. The molecular formula is C13H23N5. The number of tetrazole rings is 1. The van der Waals surface area contributed by atoms with Crippen LogP contribution in [0.2, 0.25) is 0 Å². The van der Waals surface area contributed by atoms with Gasteiger partial charge < -0.3 is 5.32 Å². The second-order valence-electron chi connectivity index (χ2n) is 5.88. The van der Waals surface area contributed by atoms with Crippen LogP contribution in [-0.2, 0) is 6.54 Å². The molecule has 0 aliphatic heterocycles. The SMILES string of the molecule is CC1CCCCCC1n1nnnc1CNC1CC1. The monoisotopic (exact) mass is 249 g/mol. The summed E-state index contributed by atoms with van der Waals surface area (Å²) in [5, 5.41) is 15.8. The highest BCUT2D eigenvalue weighted by atomic mass is 15.6. The molecule has 0 saturated heterocycles. The van der Waals surface area contributed by atoms with Crippen LogP contribution in [0.5, 0.6) is 0 Å². The molecule has 2 atom stereocenters. The summed E-state index contributed by atoms with van der Waals surface area (Å²) in [6, 6.07) is 1.21. The van der Waals surface area contributed by atoms with Crippen LogP contribution in [0.25, 0.3) is 0 Å². The summed E-state index contributed by atoms with van der Waals surface area (Å²) in [6.45, 7) is 3.16. The minimum atomic E-state index is 0.499. The molecule has 1 aromatic rings. The van der Waals surface area contributed by atoms with Crippen LogP contribution in [0.4, 0.5) is 0 Å². The van der Waals surface area contributed by atoms with Crippen molar-refractivity contribution in [1.82, 2.24) is 25.5 Å². The maximum absolute atomic E-state index is 4.25. The van der Waals surface area contributed by atoms with Crippen LogP contribution in [0.1, 0.15) is 63.7 Å². The van der Waals surface area contributed by atoms with E-state index in [9.17, 15) is 0 Å². The Morgan fingerprint density at radius 2 is 2.00 bits per heavy atom. The molecule has 2 fully saturated rings. The van der Waals surface area contributed by atoms with Crippen LogP contribution in [0.3, 0.4) is 0 Å². The van der Waals surface area contributed by atoms with Gasteiger partial charge in [0.25, 0.3) is 0 Å². The molecule has 100 valence electrons. The van der Waals surface area contributed by atoms with Gasteiger partial charge in [0.15, 0.2) is 5.82 Å². The quantitative estimate of drug-likeness (QED) is 0.830. The van der Waals surface area contributed by atoms with Gasteiger partial charge >= 0.3 is 0 Å². The van der Waals surface area contributed by atoms with Gasteiger partial charge in [-0.25, -0.2) is 4.68 Å². The first kappa shape index (κ1) is 12.1. The highest BCUT2D eigenvalue weighted by Gasteiger charge is 2.26. The number of rotatable bonds is 4. The molecule has 18 heavy (non-hydrogen) atoms. The van der Waals surface area contributed by atoms with Crippen molar-refractivity contribution >= 4 is 0 Å². The van der Waals surface area contributed by atoms with E-state index < -0.39 is 0 Å². The van der Waals surface area contributed by atoms with Gasteiger partial charge in [-0.2, -0.15) is 0 Å². The van der Waals surface area contributed by atoms with Crippen molar-refractivity contribution in [3.05, 3.63) is 5.82 Å². The second kappa shape index (κ2) is 5.34. The van der Waals surface area contributed by atoms with Gasteiger partial charge in [-0.15, -0.1) is 5.10 Å². The van der Waals surface area contributed by atoms with Crippen molar-refractivity contribution < 1.29 is 0 Å². The summed E-state index contributed by atoms with van der Waals surface area (Å²) < 4.78 is 2.09. The third-order valence-electron chi connectivity index (χ3n) is 4.32. The first-order chi connectivity index (χ1) is 8.84. The van der Waals surface area contributed by atoms with Crippen molar-refractivity contribution in [2.45, 2.75) is 70.5 Å². The largest absolute Gasteiger partial charge is 0.307 e. The second-order valence-corrected chi connectivity index (χ2v) is 5.88. The smallest absolute Gasteiger partial charge is 0.165 e. The molecule has 2 saturated carbocycles. The molecule has 1 N–H and O–H groups in total. The Balaban J connectivity index is 1.70. The zero-order valence-corrected chi connectivity index (χ0v) is 11.2. The van der Waals surface area contributed by atoms with Gasteiger partial charge in [-0.3, -0.25) is 0 Å². The molecule has 1 heterocycles. The predicted molar refractivity (Wildman–Crippen MR) is 69.0 cm³/mol. The highest BCUT2D eigenvalue weighted by molar-refractivity contribution is 4.90. The lowest BCUT2D eigenvalue weighted by Gasteiger charge is -2.22. The average Bonchev–Trinajstić information content (AvgIpc) is 3.13. The fraction of sp³-hybridized carbons (Fsp3) is 0.923. The Kier molecular flexibility index (Phi) is 3.59. The number of nitrogens with zero attached hydrogens (tertiary/aromatic N) is 4. The van der Waals surface area contributed by atoms with E-state index in [0.29, 0.717) is 18.0 Å². The van der Waals surface area contributed by atoms with Crippen LogP contribution in [0.15, 0.2) is 0 Å². The summed E-state index contributed by atoms with van der Waals surface area (Å²) in [6.07, 6.45) is 9.17. The van der Waals surface area contributed by atoms with Gasteiger partial charge in [-0.1, -0.05) is 26.2 Å². The standard InChI is InChI=1S/C13H23N5/c1-10-5-3-2-4-6-12(10)18-13(15-16-17-18)9-14-11-7-8-11/h10-12,14H,2-9H2,1H3. The summed E-state index contributed by atoms with van der Waals surface area (Å²) in [4.78, 5) is 0. The van der Waals surface area contributed by atoms with E-state index in [1.165, 1.54) is 44.9 Å². The number of aromatic nitrogens is 4. The number of hydrogen-bond acceptors (Lipinski definition) is 4. The Morgan fingerprint density at radius 1 is 1.17 bits per heavy atom. The van der Waals surface area contributed by atoms with E-state index in [2.05, 4.69) is 32.4 Å². The van der Waals surface area contributed by atoms with E-state index >= 15 is 0 Å². The zero-order chi connectivity index (χ0) is 12.4. The van der Waals surface area contributed by atoms with Crippen LogP contribution in [-0.4, -0.2) is 26.2 Å². The van der Waals surface area contributed by atoms with Crippen LogP contribution < -0.4 is 5.32 Å². The lowest BCUT2D eigenvalue weighted by Crippen LogP contribution is -2.24.